The fourth-order valence-electron chi connectivity index (χ4n) is 2.61. The number of fused-ring (bicyclic) bond motifs is 1. The SMILES string of the molecule is Cc1ccccc1C(=S)c1cccc2c1NC(=O)C2C. The van der Waals surface area contributed by atoms with E-state index in [1.807, 2.05) is 56.3 Å². The average molecular weight is 281 g/mol. The molecular weight excluding hydrogens is 266 g/mol. The highest BCUT2D eigenvalue weighted by atomic mass is 32.1. The van der Waals surface area contributed by atoms with E-state index in [-0.39, 0.29) is 11.8 Å². The molecule has 2 nitrogen and oxygen atoms in total. The molecule has 0 fully saturated rings. The van der Waals surface area contributed by atoms with Gasteiger partial charge >= 0.3 is 0 Å². The molecule has 0 aromatic heterocycles. The molecular formula is C17H15NOS. The number of hydrogen-bond donors (Lipinski definition) is 1. The lowest BCUT2D eigenvalue weighted by molar-refractivity contribution is -0.116. The van der Waals surface area contributed by atoms with E-state index in [1.165, 1.54) is 0 Å². The van der Waals surface area contributed by atoms with Gasteiger partial charge in [-0.2, -0.15) is 0 Å². The second-order valence-corrected chi connectivity index (χ2v) is 5.53. The molecule has 0 radical (unpaired) electrons. The Morgan fingerprint density at radius 3 is 2.55 bits per heavy atom. The number of rotatable bonds is 2. The fourth-order valence-corrected chi connectivity index (χ4v) is 3.00. The molecule has 1 N–H and O–H groups in total. The Balaban J connectivity index is 2.12. The van der Waals surface area contributed by atoms with Gasteiger partial charge in [0, 0.05) is 5.56 Å². The van der Waals surface area contributed by atoms with E-state index in [0.29, 0.717) is 0 Å². The van der Waals surface area contributed by atoms with Crippen LogP contribution in [0.1, 0.15) is 35.1 Å². The molecule has 0 saturated heterocycles. The fraction of sp³-hybridized carbons (Fsp3) is 0.176. The summed E-state index contributed by atoms with van der Waals surface area (Å²) in [7, 11) is 0. The van der Waals surface area contributed by atoms with Gasteiger partial charge in [-0.05, 0) is 30.5 Å². The molecule has 0 spiro atoms. The lowest BCUT2D eigenvalue weighted by Gasteiger charge is -2.12. The Hall–Kier alpha value is -2.00. The van der Waals surface area contributed by atoms with E-state index in [1.54, 1.807) is 0 Å². The number of thiocarbonyl (C=S) groups is 1. The topological polar surface area (TPSA) is 29.1 Å². The van der Waals surface area contributed by atoms with Gasteiger partial charge in [-0.3, -0.25) is 4.79 Å². The molecule has 0 saturated carbocycles. The highest BCUT2D eigenvalue weighted by Gasteiger charge is 2.29. The Kier molecular flexibility index (Phi) is 3.14. The molecule has 3 heteroatoms. The molecule has 0 bridgehead atoms. The minimum atomic E-state index is -0.107. The van der Waals surface area contributed by atoms with Crippen molar-refractivity contribution in [3.8, 4) is 0 Å². The smallest absolute Gasteiger partial charge is 0.231 e. The van der Waals surface area contributed by atoms with Crippen molar-refractivity contribution < 1.29 is 4.79 Å². The Morgan fingerprint density at radius 2 is 1.80 bits per heavy atom. The highest BCUT2D eigenvalue weighted by Crippen LogP contribution is 2.36. The van der Waals surface area contributed by atoms with Crippen LogP contribution in [0.5, 0.6) is 0 Å². The summed E-state index contributed by atoms with van der Waals surface area (Å²) in [6, 6.07) is 14.0. The van der Waals surface area contributed by atoms with Gasteiger partial charge in [0.2, 0.25) is 5.91 Å². The molecule has 1 aliphatic rings. The van der Waals surface area contributed by atoms with E-state index in [9.17, 15) is 4.79 Å². The number of hydrogen-bond acceptors (Lipinski definition) is 2. The summed E-state index contributed by atoms with van der Waals surface area (Å²) < 4.78 is 0. The average Bonchev–Trinajstić information content (AvgIpc) is 2.74. The van der Waals surface area contributed by atoms with E-state index >= 15 is 0 Å². The van der Waals surface area contributed by atoms with Crippen LogP contribution in [0.25, 0.3) is 0 Å². The Morgan fingerprint density at radius 1 is 1.10 bits per heavy atom. The Bertz CT molecular complexity index is 721. The summed E-state index contributed by atoms with van der Waals surface area (Å²) in [4.78, 5) is 12.6. The van der Waals surface area contributed by atoms with E-state index in [2.05, 4.69) is 5.32 Å². The van der Waals surface area contributed by atoms with Crippen LogP contribution in [0.4, 0.5) is 5.69 Å². The zero-order chi connectivity index (χ0) is 14.3. The summed E-state index contributed by atoms with van der Waals surface area (Å²) in [6.45, 7) is 3.97. The molecule has 1 atom stereocenters. The number of benzene rings is 2. The van der Waals surface area contributed by atoms with Crippen molar-refractivity contribution in [1.29, 1.82) is 0 Å². The standard InChI is InChI=1S/C17H15NOS/c1-10-6-3-4-7-12(10)16(20)14-9-5-8-13-11(2)17(19)18-15(13)14/h3-9,11H,1-2H3,(H,18,19). The molecule has 1 unspecified atom stereocenters. The highest BCUT2D eigenvalue weighted by molar-refractivity contribution is 7.81. The third-order valence-corrected chi connectivity index (χ3v) is 4.28. The maximum Gasteiger partial charge on any atom is 0.231 e. The van der Waals surface area contributed by atoms with Gasteiger partial charge in [0.25, 0.3) is 0 Å². The largest absolute Gasteiger partial charge is 0.325 e. The van der Waals surface area contributed by atoms with Gasteiger partial charge in [-0.25, -0.2) is 0 Å². The van der Waals surface area contributed by atoms with Crippen molar-refractivity contribution in [1.82, 2.24) is 0 Å². The molecule has 100 valence electrons. The summed E-state index contributed by atoms with van der Waals surface area (Å²) in [5.74, 6) is -0.0651. The van der Waals surface area contributed by atoms with Gasteiger partial charge in [-0.1, -0.05) is 54.7 Å². The van der Waals surface area contributed by atoms with Crippen LogP contribution in [0.15, 0.2) is 42.5 Å². The number of anilines is 1. The summed E-state index contributed by atoms with van der Waals surface area (Å²) >= 11 is 5.64. The van der Waals surface area contributed by atoms with Crippen LogP contribution in [0.3, 0.4) is 0 Å². The van der Waals surface area contributed by atoms with Crippen LogP contribution in [0.2, 0.25) is 0 Å². The number of para-hydroxylation sites is 1. The van der Waals surface area contributed by atoms with Crippen LogP contribution >= 0.6 is 12.2 Å². The third-order valence-electron chi connectivity index (χ3n) is 3.84. The van der Waals surface area contributed by atoms with Crippen molar-refractivity contribution in [2.45, 2.75) is 19.8 Å². The van der Waals surface area contributed by atoms with Crippen molar-refractivity contribution in [2.75, 3.05) is 5.32 Å². The summed E-state index contributed by atoms with van der Waals surface area (Å²) in [6.07, 6.45) is 0. The van der Waals surface area contributed by atoms with Gasteiger partial charge in [-0.15, -0.1) is 0 Å². The first-order chi connectivity index (χ1) is 9.59. The van der Waals surface area contributed by atoms with Crippen molar-refractivity contribution >= 4 is 28.7 Å². The zero-order valence-electron chi connectivity index (χ0n) is 11.4. The first kappa shape index (κ1) is 13.0. The summed E-state index contributed by atoms with van der Waals surface area (Å²) in [5, 5.41) is 2.96. The lowest BCUT2D eigenvalue weighted by atomic mass is 9.95. The second kappa shape index (κ2) is 4.84. The number of aryl methyl sites for hydroxylation is 1. The minimum Gasteiger partial charge on any atom is -0.325 e. The number of nitrogens with one attached hydrogen (secondary N) is 1. The molecule has 1 aliphatic heterocycles. The first-order valence-electron chi connectivity index (χ1n) is 6.63. The predicted molar refractivity (Wildman–Crippen MR) is 85.5 cm³/mol. The molecule has 3 rings (SSSR count). The Labute approximate surface area is 123 Å². The van der Waals surface area contributed by atoms with Crippen LogP contribution in [0, 0.1) is 6.92 Å². The van der Waals surface area contributed by atoms with E-state index in [4.69, 9.17) is 12.2 Å². The van der Waals surface area contributed by atoms with Gasteiger partial charge < -0.3 is 5.32 Å². The van der Waals surface area contributed by atoms with Gasteiger partial charge in [0.1, 0.15) is 0 Å². The number of carbonyl (C=O) groups is 1. The van der Waals surface area contributed by atoms with Crippen molar-refractivity contribution in [2.24, 2.45) is 0 Å². The van der Waals surface area contributed by atoms with Crippen molar-refractivity contribution in [3.63, 3.8) is 0 Å². The normalized spacial score (nSPS) is 16.7. The van der Waals surface area contributed by atoms with Crippen molar-refractivity contribution in [3.05, 3.63) is 64.7 Å². The van der Waals surface area contributed by atoms with E-state index in [0.717, 1.165) is 32.8 Å². The molecule has 20 heavy (non-hydrogen) atoms. The molecule has 2 aromatic rings. The number of carbonyl (C=O) groups excluding carboxylic acids is 1. The lowest BCUT2D eigenvalue weighted by Crippen LogP contribution is -2.10. The maximum atomic E-state index is 11.9. The van der Waals surface area contributed by atoms with Gasteiger partial charge in [0.05, 0.1) is 16.5 Å². The first-order valence-corrected chi connectivity index (χ1v) is 7.04. The molecule has 1 heterocycles. The quantitative estimate of drug-likeness (QED) is 0.670. The molecule has 0 aliphatic carbocycles. The molecule has 2 aromatic carbocycles. The molecule has 1 amide bonds. The van der Waals surface area contributed by atoms with E-state index < -0.39 is 0 Å². The van der Waals surface area contributed by atoms with Crippen LogP contribution < -0.4 is 5.32 Å². The van der Waals surface area contributed by atoms with Crippen LogP contribution in [-0.4, -0.2) is 10.8 Å². The monoisotopic (exact) mass is 281 g/mol. The van der Waals surface area contributed by atoms with Crippen LogP contribution in [-0.2, 0) is 4.79 Å². The third kappa shape index (κ3) is 1.95. The number of amides is 1. The maximum absolute atomic E-state index is 11.9. The predicted octanol–water partition coefficient (Wildman–Crippen LogP) is 3.82. The second-order valence-electron chi connectivity index (χ2n) is 5.12. The summed E-state index contributed by atoms with van der Waals surface area (Å²) in [5.41, 5.74) is 5.03. The zero-order valence-corrected chi connectivity index (χ0v) is 12.3. The minimum absolute atomic E-state index is 0.0417. The van der Waals surface area contributed by atoms with Gasteiger partial charge in [0.15, 0.2) is 0 Å².